The molecule has 3 heteroatoms. The van der Waals surface area contributed by atoms with Crippen LogP contribution in [0, 0.1) is 0 Å². The van der Waals surface area contributed by atoms with Gasteiger partial charge in [0.1, 0.15) is 0 Å². The van der Waals surface area contributed by atoms with Gasteiger partial charge in [-0.2, -0.15) is 0 Å². The number of para-hydroxylation sites is 2. The standard InChI is InChI=1S/C60H42N2Si/c1-6-21-43(22-7-1)45-25-20-26-46(41-45)61-55-35-18-16-33-51(55)53-38-37-47(42-57(53)61)62-56-36-19-17-34-52(56)54-39-40-58(59(60(54)62)44-23-8-2-9-24-44)63(48-27-10-3-11-28-48,49-29-12-4-13-30-49)50-31-14-5-15-32-50/h1-42H. The first kappa shape index (κ1) is 36.8. The van der Waals surface area contributed by atoms with Gasteiger partial charge in [-0.15, -0.1) is 0 Å². The largest absolute Gasteiger partial charge is 0.309 e. The molecule has 2 heterocycles. The molecule has 0 atom stereocenters. The van der Waals surface area contributed by atoms with E-state index in [2.05, 4.69) is 264 Å². The number of aromatic nitrogens is 2. The normalized spacial score (nSPS) is 11.8. The molecule has 0 aliphatic rings. The summed E-state index contributed by atoms with van der Waals surface area (Å²) in [4.78, 5) is 0. The van der Waals surface area contributed by atoms with Crippen LogP contribution in [0.5, 0.6) is 0 Å². The number of nitrogens with zero attached hydrogens (tertiary/aromatic N) is 2. The van der Waals surface area contributed by atoms with Gasteiger partial charge in [0.05, 0.1) is 22.1 Å². The third kappa shape index (κ3) is 5.85. The SMILES string of the molecule is c1ccc(-c2cccc(-n3c4ccccc4c4ccc(-n5c6ccccc6c6ccc([Si](c7ccccc7)(c7ccccc7)c7ccccc7)c(-c7ccccc7)c65)cc43)c2)cc1. The Morgan fingerprint density at radius 1 is 0.270 bits per heavy atom. The number of rotatable bonds is 8. The summed E-state index contributed by atoms with van der Waals surface area (Å²) in [6.45, 7) is 0. The van der Waals surface area contributed by atoms with Gasteiger partial charge in [-0.3, -0.25) is 0 Å². The molecular formula is C60H42N2Si. The highest BCUT2D eigenvalue weighted by atomic mass is 28.3. The lowest BCUT2D eigenvalue weighted by Gasteiger charge is -2.36. The molecule has 0 saturated carbocycles. The molecule has 0 saturated heterocycles. The number of benzene rings is 10. The van der Waals surface area contributed by atoms with Crippen LogP contribution < -0.4 is 20.7 Å². The minimum absolute atomic E-state index is 1.12. The van der Waals surface area contributed by atoms with Gasteiger partial charge >= 0.3 is 0 Å². The molecule has 0 amide bonds. The van der Waals surface area contributed by atoms with Crippen LogP contribution in [-0.2, 0) is 0 Å². The molecular weight excluding hydrogens is 777 g/mol. The van der Waals surface area contributed by atoms with Crippen LogP contribution in [0.15, 0.2) is 255 Å². The lowest BCUT2D eigenvalue weighted by molar-refractivity contribution is 1.16. The van der Waals surface area contributed by atoms with Crippen molar-refractivity contribution in [3.63, 3.8) is 0 Å². The van der Waals surface area contributed by atoms with Crippen molar-refractivity contribution >= 4 is 72.4 Å². The molecule has 10 aromatic carbocycles. The van der Waals surface area contributed by atoms with Crippen LogP contribution >= 0.6 is 0 Å². The lowest BCUT2D eigenvalue weighted by Crippen LogP contribution is -2.75. The van der Waals surface area contributed by atoms with E-state index in [-0.39, 0.29) is 0 Å². The molecule has 0 radical (unpaired) electrons. The average Bonchev–Trinajstić information content (AvgIpc) is 3.88. The third-order valence-corrected chi connectivity index (χ3v) is 17.9. The molecule has 0 spiro atoms. The van der Waals surface area contributed by atoms with E-state index in [0.717, 1.165) is 11.4 Å². The average molecular weight is 819 g/mol. The Hall–Kier alpha value is -7.98. The molecule has 12 rings (SSSR count). The molecule has 296 valence electrons. The smallest absolute Gasteiger partial charge is 0.180 e. The Balaban J connectivity index is 1.22. The Morgan fingerprint density at radius 2 is 0.714 bits per heavy atom. The van der Waals surface area contributed by atoms with Gasteiger partial charge in [0.15, 0.2) is 8.07 Å². The van der Waals surface area contributed by atoms with Crippen molar-refractivity contribution in [3.05, 3.63) is 255 Å². The first-order chi connectivity index (χ1) is 31.3. The van der Waals surface area contributed by atoms with Crippen molar-refractivity contribution in [2.75, 3.05) is 0 Å². The van der Waals surface area contributed by atoms with E-state index in [4.69, 9.17) is 0 Å². The van der Waals surface area contributed by atoms with Crippen molar-refractivity contribution < 1.29 is 0 Å². The summed E-state index contributed by atoms with van der Waals surface area (Å²) >= 11 is 0. The van der Waals surface area contributed by atoms with Gasteiger partial charge in [-0.1, -0.05) is 218 Å². The first-order valence-corrected chi connectivity index (χ1v) is 23.8. The van der Waals surface area contributed by atoms with E-state index in [1.165, 1.54) is 86.6 Å². The van der Waals surface area contributed by atoms with E-state index >= 15 is 0 Å². The summed E-state index contributed by atoms with van der Waals surface area (Å²) in [5.41, 5.74) is 11.9. The monoisotopic (exact) mass is 818 g/mol. The minimum atomic E-state index is -2.99. The molecule has 0 fully saturated rings. The van der Waals surface area contributed by atoms with E-state index in [9.17, 15) is 0 Å². The van der Waals surface area contributed by atoms with Crippen molar-refractivity contribution in [2.45, 2.75) is 0 Å². The lowest BCUT2D eigenvalue weighted by atomic mass is 10.0. The van der Waals surface area contributed by atoms with Crippen LogP contribution in [0.4, 0.5) is 0 Å². The van der Waals surface area contributed by atoms with Gasteiger partial charge in [0.25, 0.3) is 0 Å². The molecule has 0 bridgehead atoms. The quantitative estimate of drug-likeness (QED) is 0.107. The van der Waals surface area contributed by atoms with E-state index in [0.29, 0.717) is 0 Å². The predicted octanol–water partition coefficient (Wildman–Crippen LogP) is 12.6. The zero-order valence-electron chi connectivity index (χ0n) is 34.6. The summed E-state index contributed by atoms with van der Waals surface area (Å²) < 4.78 is 5.01. The van der Waals surface area contributed by atoms with Crippen molar-refractivity contribution in [1.29, 1.82) is 0 Å². The Labute approximate surface area is 368 Å². The van der Waals surface area contributed by atoms with Gasteiger partial charge in [-0.25, -0.2) is 0 Å². The van der Waals surface area contributed by atoms with E-state index in [1.807, 2.05) is 0 Å². The van der Waals surface area contributed by atoms with Crippen LogP contribution in [0.25, 0.3) is 77.2 Å². The van der Waals surface area contributed by atoms with E-state index < -0.39 is 8.07 Å². The maximum Gasteiger partial charge on any atom is 0.180 e. The molecule has 0 unspecified atom stereocenters. The Bertz CT molecular complexity index is 3500. The summed E-state index contributed by atoms with van der Waals surface area (Å²) in [6, 6.07) is 94.4. The highest BCUT2D eigenvalue weighted by Gasteiger charge is 2.44. The maximum atomic E-state index is 2.55. The second kappa shape index (κ2) is 15.2. The third-order valence-electron chi connectivity index (χ3n) is 13.1. The number of fused-ring (bicyclic) bond motifs is 6. The van der Waals surface area contributed by atoms with Crippen molar-refractivity contribution in [1.82, 2.24) is 9.13 Å². The Morgan fingerprint density at radius 3 is 1.32 bits per heavy atom. The summed E-state index contributed by atoms with van der Waals surface area (Å²) in [7, 11) is -2.99. The van der Waals surface area contributed by atoms with Crippen LogP contribution in [0.3, 0.4) is 0 Å². The molecule has 12 aromatic rings. The zero-order valence-corrected chi connectivity index (χ0v) is 35.6. The maximum absolute atomic E-state index is 2.99. The predicted molar refractivity (Wildman–Crippen MR) is 270 cm³/mol. The molecule has 0 N–H and O–H groups in total. The fourth-order valence-electron chi connectivity index (χ4n) is 10.4. The zero-order chi connectivity index (χ0) is 41.7. The fourth-order valence-corrected chi connectivity index (χ4v) is 15.4. The van der Waals surface area contributed by atoms with E-state index in [1.54, 1.807) is 0 Å². The summed E-state index contributed by atoms with van der Waals surface area (Å²) in [5, 5.41) is 10.4. The number of hydrogen-bond donors (Lipinski definition) is 0. The van der Waals surface area contributed by atoms with Gasteiger partial charge in [0, 0.05) is 38.5 Å². The van der Waals surface area contributed by atoms with Gasteiger partial charge < -0.3 is 9.13 Å². The highest BCUT2D eigenvalue weighted by molar-refractivity contribution is 7.20. The van der Waals surface area contributed by atoms with Crippen LogP contribution in [0.2, 0.25) is 0 Å². The first-order valence-electron chi connectivity index (χ1n) is 21.8. The second-order valence-electron chi connectivity index (χ2n) is 16.4. The van der Waals surface area contributed by atoms with Gasteiger partial charge in [0.2, 0.25) is 0 Å². The molecule has 2 aromatic heterocycles. The fraction of sp³-hybridized carbons (Fsp3) is 0. The van der Waals surface area contributed by atoms with Crippen LogP contribution in [0.1, 0.15) is 0 Å². The second-order valence-corrected chi connectivity index (χ2v) is 20.2. The molecule has 0 aliphatic carbocycles. The van der Waals surface area contributed by atoms with Crippen molar-refractivity contribution in [2.24, 2.45) is 0 Å². The molecule has 0 aliphatic heterocycles. The number of hydrogen-bond acceptors (Lipinski definition) is 0. The van der Waals surface area contributed by atoms with Crippen molar-refractivity contribution in [3.8, 4) is 33.6 Å². The topological polar surface area (TPSA) is 9.86 Å². The van der Waals surface area contributed by atoms with Gasteiger partial charge in [-0.05, 0) is 73.8 Å². The van der Waals surface area contributed by atoms with Crippen LogP contribution in [-0.4, -0.2) is 17.2 Å². The summed E-state index contributed by atoms with van der Waals surface area (Å²) in [5.74, 6) is 0. The highest BCUT2D eigenvalue weighted by Crippen LogP contribution is 2.41. The molecule has 63 heavy (non-hydrogen) atoms. The molecule has 2 nitrogen and oxygen atoms in total. The summed E-state index contributed by atoms with van der Waals surface area (Å²) in [6.07, 6.45) is 0. The minimum Gasteiger partial charge on any atom is -0.309 e. The Kier molecular flexibility index (Phi) is 8.87.